The maximum Gasteiger partial charge on any atom is 0.108 e. The maximum absolute atomic E-state index is 9.04. The van der Waals surface area contributed by atoms with Crippen LogP contribution in [0.1, 0.15) is 27.2 Å². The molecule has 1 fully saturated rings. The van der Waals surface area contributed by atoms with E-state index in [1.54, 1.807) is 0 Å². The van der Waals surface area contributed by atoms with Gasteiger partial charge in [-0.1, -0.05) is 6.92 Å². The number of morpholine rings is 1. The van der Waals surface area contributed by atoms with Gasteiger partial charge in [-0.15, -0.1) is 0 Å². The molecule has 1 heterocycles. The summed E-state index contributed by atoms with van der Waals surface area (Å²) in [7, 11) is 0. The summed E-state index contributed by atoms with van der Waals surface area (Å²) < 4.78 is 5.67. The summed E-state index contributed by atoms with van der Waals surface area (Å²) in [6.07, 6.45) is 1.61. The van der Waals surface area contributed by atoms with E-state index >= 15 is 0 Å². The molecule has 3 atom stereocenters. The van der Waals surface area contributed by atoms with Crippen LogP contribution in [0.5, 0.6) is 0 Å². The molecule has 3 unspecified atom stereocenters. The fourth-order valence-corrected chi connectivity index (χ4v) is 2.16. The Labute approximate surface area is 98.6 Å². The van der Waals surface area contributed by atoms with Crippen LogP contribution >= 0.6 is 0 Å². The minimum absolute atomic E-state index is 0.0579. The second kappa shape index (κ2) is 6.85. The average Bonchev–Trinajstić information content (AvgIpc) is 2.22. The second-order valence-corrected chi connectivity index (χ2v) is 4.61. The summed E-state index contributed by atoms with van der Waals surface area (Å²) in [5, 5.41) is 12.3. The van der Waals surface area contributed by atoms with E-state index in [0.29, 0.717) is 0 Å². The van der Waals surface area contributed by atoms with E-state index in [4.69, 9.17) is 10.00 Å². The molecule has 4 heteroatoms. The Morgan fingerprint density at radius 2 is 2.06 bits per heavy atom. The molecule has 0 radical (unpaired) electrons. The Morgan fingerprint density at radius 3 is 2.56 bits per heavy atom. The number of ether oxygens (including phenoxy) is 1. The van der Waals surface area contributed by atoms with Gasteiger partial charge in [0.05, 0.1) is 18.3 Å². The van der Waals surface area contributed by atoms with Gasteiger partial charge in [0.15, 0.2) is 0 Å². The lowest BCUT2D eigenvalue weighted by molar-refractivity contribution is -0.0687. The third-order valence-corrected chi connectivity index (χ3v) is 2.73. The summed E-state index contributed by atoms with van der Waals surface area (Å²) >= 11 is 0. The van der Waals surface area contributed by atoms with Crippen LogP contribution in [-0.2, 0) is 4.74 Å². The predicted octanol–water partition coefficient (Wildman–Crippen LogP) is 0.987. The molecule has 1 saturated heterocycles. The summed E-state index contributed by atoms with van der Waals surface area (Å²) in [5.41, 5.74) is 0. The lowest BCUT2D eigenvalue weighted by atomic mass is 10.2. The van der Waals surface area contributed by atoms with Gasteiger partial charge >= 0.3 is 0 Å². The van der Waals surface area contributed by atoms with E-state index in [1.807, 2.05) is 0 Å². The summed E-state index contributed by atoms with van der Waals surface area (Å²) in [6, 6.07) is 2.26. The molecule has 1 N–H and O–H groups in total. The molecule has 0 spiro atoms. The SMILES string of the molecule is CCCNC(C#N)CN1CC(C)OC(C)C1. The van der Waals surface area contributed by atoms with E-state index in [2.05, 4.69) is 37.1 Å². The molecule has 4 nitrogen and oxygen atoms in total. The van der Waals surface area contributed by atoms with Crippen molar-refractivity contribution in [2.75, 3.05) is 26.2 Å². The van der Waals surface area contributed by atoms with E-state index in [1.165, 1.54) is 0 Å². The minimum Gasteiger partial charge on any atom is -0.373 e. The molecule has 0 bridgehead atoms. The van der Waals surface area contributed by atoms with Crippen molar-refractivity contribution in [3.63, 3.8) is 0 Å². The van der Waals surface area contributed by atoms with Crippen molar-refractivity contribution in [1.29, 1.82) is 5.26 Å². The molecule has 0 aromatic rings. The molecule has 0 amide bonds. The molecule has 0 aromatic heterocycles. The van der Waals surface area contributed by atoms with Crippen molar-refractivity contribution >= 4 is 0 Å². The molecular weight excluding hydrogens is 202 g/mol. The first kappa shape index (κ1) is 13.4. The highest BCUT2D eigenvalue weighted by Crippen LogP contribution is 2.10. The average molecular weight is 225 g/mol. The van der Waals surface area contributed by atoms with Gasteiger partial charge in [-0.25, -0.2) is 0 Å². The molecule has 1 aliphatic rings. The van der Waals surface area contributed by atoms with E-state index < -0.39 is 0 Å². The first-order valence-corrected chi connectivity index (χ1v) is 6.16. The zero-order valence-electron chi connectivity index (χ0n) is 10.6. The smallest absolute Gasteiger partial charge is 0.108 e. The fraction of sp³-hybridized carbons (Fsp3) is 0.917. The lowest BCUT2D eigenvalue weighted by Gasteiger charge is -2.36. The van der Waals surface area contributed by atoms with Crippen molar-refractivity contribution < 1.29 is 4.74 Å². The first-order chi connectivity index (χ1) is 7.65. The standard InChI is InChI=1S/C12H23N3O/c1-4-5-14-12(6-13)9-15-7-10(2)16-11(3)8-15/h10-12,14H,4-5,7-9H2,1-3H3. The minimum atomic E-state index is -0.0579. The molecule has 1 aliphatic heterocycles. The highest BCUT2D eigenvalue weighted by molar-refractivity contribution is 4.93. The van der Waals surface area contributed by atoms with Crippen LogP contribution in [0.25, 0.3) is 0 Å². The quantitative estimate of drug-likeness (QED) is 0.758. The van der Waals surface area contributed by atoms with Crippen LogP contribution < -0.4 is 5.32 Å². The largest absolute Gasteiger partial charge is 0.373 e. The summed E-state index contributed by atoms with van der Waals surface area (Å²) in [6.45, 7) is 9.85. The number of rotatable bonds is 5. The van der Waals surface area contributed by atoms with Crippen molar-refractivity contribution in [2.24, 2.45) is 0 Å². The number of hydrogen-bond donors (Lipinski definition) is 1. The Bertz CT molecular complexity index is 229. The van der Waals surface area contributed by atoms with Gasteiger partial charge in [-0.05, 0) is 26.8 Å². The lowest BCUT2D eigenvalue weighted by Crippen LogP contribution is -2.50. The fourth-order valence-electron chi connectivity index (χ4n) is 2.16. The van der Waals surface area contributed by atoms with Crippen LogP contribution in [0.15, 0.2) is 0 Å². The number of nitrogens with one attached hydrogen (secondary N) is 1. The Hall–Kier alpha value is -0.630. The molecule has 1 rings (SSSR count). The van der Waals surface area contributed by atoms with Gasteiger partial charge in [0.2, 0.25) is 0 Å². The highest BCUT2D eigenvalue weighted by Gasteiger charge is 2.23. The van der Waals surface area contributed by atoms with Crippen molar-refractivity contribution in [3.8, 4) is 6.07 Å². The number of nitriles is 1. The van der Waals surface area contributed by atoms with Crippen LogP contribution in [0, 0.1) is 11.3 Å². The monoisotopic (exact) mass is 225 g/mol. The van der Waals surface area contributed by atoms with E-state index in [-0.39, 0.29) is 18.2 Å². The highest BCUT2D eigenvalue weighted by atomic mass is 16.5. The zero-order chi connectivity index (χ0) is 12.0. The summed E-state index contributed by atoms with van der Waals surface area (Å²) in [5.74, 6) is 0. The third-order valence-electron chi connectivity index (χ3n) is 2.73. The van der Waals surface area contributed by atoms with Crippen LogP contribution in [0.2, 0.25) is 0 Å². The van der Waals surface area contributed by atoms with Gasteiger partial charge < -0.3 is 10.1 Å². The van der Waals surface area contributed by atoms with Crippen LogP contribution in [0.3, 0.4) is 0 Å². The topological polar surface area (TPSA) is 48.3 Å². The first-order valence-electron chi connectivity index (χ1n) is 6.16. The zero-order valence-corrected chi connectivity index (χ0v) is 10.6. The normalized spacial score (nSPS) is 28.6. The van der Waals surface area contributed by atoms with Gasteiger partial charge in [0.25, 0.3) is 0 Å². The van der Waals surface area contributed by atoms with E-state index in [0.717, 1.165) is 32.6 Å². The Balaban J connectivity index is 2.36. The van der Waals surface area contributed by atoms with Crippen molar-refractivity contribution in [3.05, 3.63) is 0 Å². The van der Waals surface area contributed by atoms with Gasteiger partial charge in [0, 0.05) is 19.6 Å². The Kier molecular flexibility index (Phi) is 5.75. The Morgan fingerprint density at radius 1 is 1.44 bits per heavy atom. The maximum atomic E-state index is 9.04. The van der Waals surface area contributed by atoms with Crippen molar-refractivity contribution in [1.82, 2.24) is 10.2 Å². The third kappa shape index (κ3) is 4.48. The molecule has 0 aliphatic carbocycles. The van der Waals surface area contributed by atoms with Gasteiger partial charge in [-0.2, -0.15) is 5.26 Å². The van der Waals surface area contributed by atoms with Crippen molar-refractivity contribution in [2.45, 2.75) is 45.4 Å². The van der Waals surface area contributed by atoms with Gasteiger partial charge in [0.1, 0.15) is 6.04 Å². The van der Waals surface area contributed by atoms with Crippen LogP contribution in [-0.4, -0.2) is 49.3 Å². The molecule has 16 heavy (non-hydrogen) atoms. The molecule has 92 valence electrons. The van der Waals surface area contributed by atoms with Crippen LogP contribution in [0.4, 0.5) is 0 Å². The number of hydrogen-bond acceptors (Lipinski definition) is 4. The molecule has 0 aromatic carbocycles. The second-order valence-electron chi connectivity index (χ2n) is 4.61. The van der Waals surface area contributed by atoms with Gasteiger partial charge in [-0.3, -0.25) is 4.90 Å². The predicted molar refractivity (Wildman–Crippen MR) is 64.1 cm³/mol. The molecule has 0 saturated carbocycles. The molecular formula is C12H23N3O. The van der Waals surface area contributed by atoms with E-state index in [9.17, 15) is 0 Å². The number of nitrogens with zero attached hydrogens (tertiary/aromatic N) is 2. The summed E-state index contributed by atoms with van der Waals surface area (Å²) in [4.78, 5) is 2.31.